The smallest absolute Gasteiger partial charge is 0.726 e. The maximum Gasteiger partial charge on any atom is 1.00 e. The summed E-state index contributed by atoms with van der Waals surface area (Å²) in [6.07, 6.45) is -54.9. The summed E-state index contributed by atoms with van der Waals surface area (Å²) in [5, 5.41) is 0. The van der Waals surface area contributed by atoms with Gasteiger partial charge in [-0.3, -0.25) is 50.2 Å². The van der Waals surface area contributed by atoms with Crippen molar-refractivity contribution in [3.8, 4) is 0 Å². The number of rotatable bonds is 35. The summed E-state index contributed by atoms with van der Waals surface area (Å²) in [5.41, 5.74) is 0. The van der Waals surface area contributed by atoms with Crippen molar-refractivity contribution in [3.05, 3.63) is 0 Å². The van der Waals surface area contributed by atoms with E-state index in [4.69, 9.17) is 18.9 Å². The zero-order valence-electron chi connectivity index (χ0n) is 49.0. The summed E-state index contributed by atoms with van der Waals surface area (Å²) < 4.78 is 490. The minimum Gasteiger partial charge on any atom is -0.726 e. The normalized spacial score (nSPS) is 23.6. The largest absolute Gasteiger partial charge is 1.00 e. The van der Waals surface area contributed by atoms with E-state index in [1.165, 1.54) is 0 Å². The molecule has 2 saturated heterocycles. The van der Waals surface area contributed by atoms with E-state index in [-0.39, 0.29) is 617 Å². The molecule has 2 fully saturated rings. The molecule has 2 aliphatic rings. The van der Waals surface area contributed by atoms with Crippen LogP contribution in [0.15, 0.2) is 0 Å². The number of ether oxygens (including phenoxy) is 4. The third kappa shape index (κ3) is 64.7. The van der Waals surface area contributed by atoms with Gasteiger partial charge in [-0.25, -0.2) is 101 Å². The summed E-state index contributed by atoms with van der Waals surface area (Å²) in [5.74, 6) is 0. The van der Waals surface area contributed by atoms with Crippen LogP contribution in [-0.2, 0) is 194 Å². The summed E-state index contributed by atoms with van der Waals surface area (Å²) in [7, 11) is -81.1. The second-order valence-corrected chi connectivity index (χ2v) is 26.2. The van der Waals surface area contributed by atoms with Crippen molar-refractivity contribution in [2.24, 2.45) is 0 Å². The zero-order valence-corrected chi connectivity index (χ0v) is 96.3. The molecule has 0 bridgehead atoms. The minimum absolute atomic E-state index is 0. The van der Waals surface area contributed by atoms with E-state index in [1.54, 1.807) is 0 Å². The Morgan fingerprint density at radius 3 is 0.777 bits per heavy atom. The summed E-state index contributed by atoms with van der Waals surface area (Å²) >= 11 is 0. The second kappa shape index (κ2) is 58.1. The molecule has 0 aliphatic carbocycles. The Kier molecular flexibility index (Phi) is 83.5. The van der Waals surface area contributed by atoms with E-state index in [0.29, 0.717) is 0 Å². The molecule has 0 amide bonds. The van der Waals surface area contributed by atoms with Crippen LogP contribution in [0.5, 0.6) is 0 Å². The van der Waals surface area contributed by atoms with Crippen molar-refractivity contribution < 1.29 is 841 Å². The predicted octanol–water partition coefficient (Wildman–Crippen LogP) is -50.1. The average molecular weight is 1920 g/mol. The van der Waals surface area contributed by atoms with Gasteiger partial charge >= 0.3 is 617 Å². The Morgan fingerprint density at radius 1 is 0.266 bits per heavy atom. The molecule has 0 aromatic carbocycles. The van der Waals surface area contributed by atoms with E-state index in [9.17, 15) is 156 Å². The molecule has 94 heavy (non-hydrogen) atoms. The molecule has 52 nitrogen and oxygen atoms in total. The van der Waals surface area contributed by atoms with Gasteiger partial charge in [-0.2, -0.15) is 0 Å². The number of hydrogen-bond acceptors (Lipinski definition) is 52. The van der Waals surface area contributed by atoms with Gasteiger partial charge in [-0.1, -0.05) is 0 Å². The first-order valence-corrected chi connectivity index (χ1v) is 34.2. The van der Waals surface area contributed by atoms with Crippen LogP contribution in [0.1, 0.15) is 0 Å². The standard InChI is InChI=1S/C18H34O52S12.12K/c19-71(20,21)56-2-5-10(64-76(34,35)36)13(67-79(43,44)45)15(69-81(49,50)51)17(59-5)55-1-7(62-74(28,29)30)9(12(66-78(40,41)42)8(63-75(31,32)33)4-58-73(25,26)27)61-18-16(70-82(52,53)54)14(68-80(46,47)48)11(65-77(37,38)39)6(60-18)3-57-72(22,23)24;;;;;;;;;;;;/h5-18H,1-4H2,(H,19,20,21)(H,22,23,24)(H,25,26,27)(H,28,29,30)(H,31,32,33)(H,34,35,36)(H,37,38,39)(H,40,41,42)(H,43,44,45)(H,46,47,48)(H,49,50,51)(H,52,53,54);;;;;;;;;;;;/q;12*+1/p-12/t5-,6-,7+,8-,9?,10-,11-,12-,13+,14+,15-,16-,17-,18+;;;;;;;;;;;;/m1............/s1. The summed E-state index contributed by atoms with van der Waals surface area (Å²) in [6, 6.07) is 0. The van der Waals surface area contributed by atoms with Crippen LogP contribution in [0.2, 0.25) is 0 Å². The SMILES string of the molecule is O=S(=O)([O-])OC[C@H]1O[C@@H](OC[C@H](OS(=O)(=O)[O-])C(O[C@@H]2O[C@H](COS(=O)(=O)[O-])[C@@H](OS(=O)(=O)[O-])[C@H](OS(=O)(=O)[O-])[C@H]2OS(=O)(=O)[O-])[C@H](OS(=O)(=O)[O-])[C@@H](COS(=O)(=O)[O-])OS(=O)(=O)[O-])[C@H](OS(=O)(=O)[O-])[C@@H](OS(=O)(=O)[O-])[C@@H]1OS(=O)(=O)[O-].[K+].[K+].[K+].[K+].[K+].[K+].[K+].[K+].[K+].[K+].[K+].[K+]. The molecule has 490 valence electrons. The maximum absolute atomic E-state index is 12.3. The van der Waals surface area contributed by atoms with Crippen LogP contribution in [0.3, 0.4) is 0 Å². The Morgan fingerprint density at radius 2 is 0.511 bits per heavy atom. The fraction of sp³-hybridized carbons (Fsp3) is 1.00. The molecule has 0 saturated carbocycles. The van der Waals surface area contributed by atoms with E-state index < -0.39 is 237 Å². The first kappa shape index (κ1) is 135. The van der Waals surface area contributed by atoms with E-state index in [0.717, 1.165) is 0 Å². The Hall–Kier alpha value is 17.9. The monoisotopic (exact) mass is 1920 g/mol. The maximum atomic E-state index is 12.3. The average Bonchev–Trinajstić information content (AvgIpc) is 3.17. The molecule has 0 aromatic rings. The van der Waals surface area contributed by atoms with Crippen molar-refractivity contribution in [1.82, 2.24) is 0 Å². The molecule has 0 spiro atoms. The zero-order chi connectivity index (χ0) is 64.2. The molecular formula is C18H22K12O52S12. The van der Waals surface area contributed by atoms with Crippen LogP contribution in [0.25, 0.3) is 0 Å². The van der Waals surface area contributed by atoms with Crippen molar-refractivity contribution in [1.29, 1.82) is 0 Å². The van der Waals surface area contributed by atoms with Gasteiger partial charge in [0.25, 0.3) is 0 Å². The van der Waals surface area contributed by atoms with Crippen LogP contribution in [-0.4, -0.2) is 268 Å². The molecule has 2 aliphatic heterocycles. The fourth-order valence-corrected chi connectivity index (χ4v) is 11.3. The van der Waals surface area contributed by atoms with Crippen LogP contribution in [0.4, 0.5) is 0 Å². The fourth-order valence-electron chi connectivity index (χ4n) is 6.04. The van der Waals surface area contributed by atoms with Gasteiger partial charge in [0.05, 0.1) is 26.4 Å². The minimum atomic E-state index is -7.16. The van der Waals surface area contributed by atoms with E-state index in [1.807, 2.05) is 0 Å². The van der Waals surface area contributed by atoms with Gasteiger partial charge in [-0.05, 0) is 0 Å². The van der Waals surface area contributed by atoms with Gasteiger partial charge < -0.3 is 73.6 Å². The quantitative estimate of drug-likeness (QED) is 0.0323. The Balaban J connectivity index is -0.000000638. The first-order valence-electron chi connectivity index (χ1n) is 18.2. The molecule has 1 unspecified atom stereocenters. The van der Waals surface area contributed by atoms with Crippen molar-refractivity contribution in [3.63, 3.8) is 0 Å². The third-order valence-electron chi connectivity index (χ3n) is 8.17. The predicted molar refractivity (Wildman–Crippen MR) is 206 cm³/mol. The van der Waals surface area contributed by atoms with Gasteiger partial charge in [0, 0.05) is 0 Å². The molecule has 2 rings (SSSR count). The molecule has 0 radical (unpaired) electrons. The second-order valence-electron chi connectivity index (χ2n) is 14.0. The van der Waals surface area contributed by atoms with Gasteiger partial charge in [0.2, 0.25) is 125 Å². The van der Waals surface area contributed by atoms with Gasteiger partial charge in [0.15, 0.2) is 24.8 Å². The summed E-state index contributed by atoms with van der Waals surface area (Å²) in [4.78, 5) is 0. The first-order chi connectivity index (χ1) is 36.1. The molecule has 76 heteroatoms. The van der Waals surface area contributed by atoms with E-state index in [2.05, 4.69) is 50.2 Å². The molecule has 0 N–H and O–H groups in total. The van der Waals surface area contributed by atoms with Crippen molar-refractivity contribution in [2.75, 3.05) is 26.4 Å². The van der Waals surface area contributed by atoms with Crippen LogP contribution < -0.4 is 617 Å². The molecule has 0 aromatic heterocycles. The van der Waals surface area contributed by atoms with Crippen molar-refractivity contribution in [2.45, 2.75) is 85.8 Å². The van der Waals surface area contributed by atoms with Crippen LogP contribution >= 0.6 is 0 Å². The van der Waals surface area contributed by atoms with Crippen LogP contribution in [0, 0.1) is 0 Å². The Labute approximate surface area is 1050 Å². The van der Waals surface area contributed by atoms with Crippen molar-refractivity contribution >= 4 is 125 Å². The topological polar surface area (TPSA) is 834 Å². The number of hydrogen-bond donors (Lipinski definition) is 0. The summed E-state index contributed by atoms with van der Waals surface area (Å²) in [6.45, 7) is -10.4. The van der Waals surface area contributed by atoms with Gasteiger partial charge in [-0.15, -0.1) is 0 Å². The van der Waals surface area contributed by atoms with Gasteiger partial charge in [0.1, 0.15) is 61.0 Å². The van der Waals surface area contributed by atoms with E-state index >= 15 is 0 Å². The molecular weight excluding hydrogens is 1900 g/mol. The Bertz CT molecular complexity index is 3680. The molecule has 14 atom stereocenters. The third-order valence-corrected chi connectivity index (χ3v) is 13.6. The molecule has 2 heterocycles.